The highest BCUT2D eigenvalue weighted by molar-refractivity contribution is 7.54. The molecule has 0 radical (unpaired) electrons. The Morgan fingerprint density at radius 2 is 0.949 bits per heavy atom. The Morgan fingerprint density at radius 3 is 1.17 bits per heavy atom. The van der Waals surface area contributed by atoms with Gasteiger partial charge in [-0.2, -0.15) is 105 Å². The van der Waals surface area contributed by atoms with E-state index < -0.39 is 126 Å². The summed E-state index contributed by atoms with van der Waals surface area (Å²) < 4.78 is 301. The third-order valence-corrected chi connectivity index (χ3v) is 11.1. The molecule has 0 spiro atoms. The second kappa shape index (κ2) is 16.5. The summed E-state index contributed by atoms with van der Waals surface area (Å²) in [4.78, 5) is 0. The van der Waals surface area contributed by atoms with Crippen LogP contribution in [-0.2, 0) is 14.2 Å². The summed E-state index contributed by atoms with van der Waals surface area (Å²) in [7, 11) is 15.2. The van der Waals surface area contributed by atoms with Crippen molar-refractivity contribution in [1.82, 2.24) is 0 Å². The van der Waals surface area contributed by atoms with E-state index in [0.717, 1.165) is 0 Å². The number of fused-ring (bicyclic) bond motifs is 1. The molecule has 6 saturated carbocycles. The predicted molar refractivity (Wildman–Crippen MR) is 150 cm³/mol. The minimum absolute atomic E-state index is 0.0137. The van der Waals surface area contributed by atoms with Gasteiger partial charge >= 0.3 is 60.8 Å². The fourth-order valence-electron chi connectivity index (χ4n) is 9.35. The van der Waals surface area contributed by atoms with Crippen LogP contribution >= 0.6 is 30.1 Å². The van der Waals surface area contributed by atoms with Gasteiger partial charge in [0.25, 0.3) is 11.2 Å². The molecule has 6 aliphatic carbocycles. The molecule has 8 fully saturated rings. The van der Waals surface area contributed by atoms with Crippen LogP contribution < -0.4 is 0 Å². The number of halogens is 27. The largest absolute Gasteiger partial charge is 0.643 e. The van der Waals surface area contributed by atoms with Crippen molar-refractivity contribution in [2.24, 2.45) is 47.3 Å². The molecule has 4 nitrogen and oxygen atoms in total. The lowest BCUT2D eigenvalue weighted by atomic mass is 9.78. The molecular formula is C27H24AlCl3F24O4. The summed E-state index contributed by atoms with van der Waals surface area (Å²) in [5.74, 6) is -4.32. The Morgan fingerprint density at radius 1 is 0.542 bits per heavy atom. The topological polar surface area (TPSA) is 47.9 Å². The highest BCUT2D eigenvalue weighted by Crippen LogP contribution is 2.83. The highest BCUT2D eigenvalue weighted by atomic mass is 35.8. The average molecular weight is 1000 g/mol. The molecule has 2 aliphatic heterocycles. The van der Waals surface area contributed by atoms with E-state index in [0.29, 0.717) is 26.4 Å². The molecule has 2 saturated heterocycles. The number of hydrogen-bond acceptors (Lipinski definition) is 4. The van der Waals surface area contributed by atoms with E-state index in [4.69, 9.17) is 35.3 Å². The van der Waals surface area contributed by atoms with Crippen molar-refractivity contribution in [2.45, 2.75) is 111 Å². The van der Waals surface area contributed by atoms with Gasteiger partial charge < -0.3 is 19.3 Å². The smallest absolute Gasteiger partial charge is 0.377 e. The lowest BCUT2D eigenvalue weighted by Crippen LogP contribution is -2.62. The maximum absolute atomic E-state index is 12.9. The van der Waals surface area contributed by atoms with E-state index in [9.17, 15) is 105 Å². The van der Waals surface area contributed by atoms with Crippen molar-refractivity contribution in [3.05, 3.63) is 0 Å². The molecule has 8 rings (SSSR count). The Bertz CT molecular complexity index is 1350. The molecule has 1 N–H and O–H groups in total. The molecule has 348 valence electrons. The van der Waals surface area contributed by atoms with E-state index in [1.165, 1.54) is 0 Å². The molecule has 32 heteroatoms. The third-order valence-electron chi connectivity index (χ3n) is 11.1. The van der Waals surface area contributed by atoms with Gasteiger partial charge in [0.15, 0.2) is 0 Å². The predicted octanol–water partition coefficient (Wildman–Crippen LogP) is 11.3. The molecule has 59 heavy (non-hydrogen) atoms. The molecule has 8 aliphatic rings. The number of hydrogen-bond donors (Lipinski definition) is 1. The molecular weight excluding hydrogens is 978 g/mol. The first-order chi connectivity index (χ1) is 25.9. The van der Waals surface area contributed by atoms with Crippen LogP contribution in [0.15, 0.2) is 0 Å². The molecule has 10 atom stereocenters. The standard InChI is InChI=1S/C10H8F6O.C10H10F6O.C4H4F6O.C3H2F6O.Al.3ClH/c11-9(12,13)8(10(14,15)16)6-3-1-2-4(6)5(2)7(3)17-8;11-9(12,13)8(10(14,15)16)6-2-4-1-5(6)7(3-4)17-8;1-11-2(3(5,6)7)4(8,9)10;4-2(5,6)1(10)3(7,8)9;;;;/h2-7H,1H2;4-7H,1-3H2;2H,1H3;1,10H;;3*1H/q;;;;+3;;;/p-3. The maximum atomic E-state index is 12.9. The van der Waals surface area contributed by atoms with Gasteiger partial charge in [0.1, 0.15) is 0 Å². The van der Waals surface area contributed by atoms with Crippen molar-refractivity contribution in [3.63, 3.8) is 0 Å². The van der Waals surface area contributed by atoms with Crippen molar-refractivity contribution < 1.29 is 125 Å². The fraction of sp³-hybridized carbons (Fsp3) is 1.00. The number of aliphatic hydroxyl groups is 1. The number of aliphatic hydroxyl groups excluding tert-OH is 1. The van der Waals surface area contributed by atoms with Crippen LogP contribution in [0.5, 0.6) is 0 Å². The highest BCUT2D eigenvalue weighted by Gasteiger charge is 2.92. The SMILES string of the molecule is COC(C(F)(F)F)C(F)(F)F.FC(F)(F)C1(C(F)(F)F)OC2C3CC4C2C4C31.FC(F)(F)C1(C(F)(F)F)OC2CC3CC2C1C3.OC(C(F)(F)F)C(F)(F)F.[Cl][Al]([Cl])[Cl]. The monoisotopic (exact) mass is 1000 g/mol. The first-order valence-corrected chi connectivity index (χ1v) is 21.2. The molecule has 2 heterocycles. The number of ether oxygens (including phenoxy) is 3. The number of rotatable bonds is 1. The van der Waals surface area contributed by atoms with Crippen LogP contribution in [0.3, 0.4) is 0 Å². The fourth-order valence-corrected chi connectivity index (χ4v) is 9.35. The van der Waals surface area contributed by atoms with Gasteiger partial charge in [-0.3, -0.25) is 0 Å². The third kappa shape index (κ3) is 9.96. The van der Waals surface area contributed by atoms with Crippen LogP contribution in [0.4, 0.5) is 105 Å². The van der Waals surface area contributed by atoms with Crippen molar-refractivity contribution in [1.29, 1.82) is 0 Å². The van der Waals surface area contributed by atoms with E-state index in [-0.39, 0.29) is 24.2 Å². The molecule has 10 unspecified atom stereocenters. The van der Waals surface area contributed by atoms with E-state index >= 15 is 0 Å². The lowest BCUT2D eigenvalue weighted by Gasteiger charge is -2.39. The van der Waals surface area contributed by atoms with Crippen LogP contribution in [0.25, 0.3) is 0 Å². The molecule has 0 amide bonds. The summed E-state index contributed by atoms with van der Waals surface area (Å²) in [6.07, 6.45) is -51.9. The van der Waals surface area contributed by atoms with Gasteiger partial charge in [-0.05, 0) is 61.2 Å². The molecule has 0 aromatic heterocycles. The summed E-state index contributed by atoms with van der Waals surface area (Å²) in [5.41, 5.74) is -7.80. The van der Waals surface area contributed by atoms with Crippen LogP contribution in [0.2, 0.25) is 0 Å². The maximum Gasteiger partial charge on any atom is 0.643 e. The minimum atomic E-state index is -5.63. The van der Waals surface area contributed by atoms with E-state index in [2.05, 4.69) is 14.2 Å². The van der Waals surface area contributed by atoms with Crippen molar-refractivity contribution >= 4 is 41.5 Å². The van der Waals surface area contributed by atoms with Crippen molar-refractivity contribution in [3.8, 4) is 0 Å². The van der Waals surface area contributed by atoms with Gasteiger partial charge in [0, 0.05) is 18.9 Å². The first-order valence-electron chi connectivity index (χ1n) is 16.0. The molecule has 0 aromatic carbocycles. The summed E-state index contributed by atoms with van der Waals surface area (Å²) >= 11 is -1.72. The number of methoxy groups -OCH3 is 1. The Hall–Kier alpha value is -0.438. The Kier molecular flexibility index (Phi) is 14.8. The van der Waals surface area contributed by atoms with Gasteiger partial charge in [-0.1, -0.05) is 0 Å². The van der Waals surface area contributed by atoms with Crippen molar-refractivity contribution in [2.75, 3.05) is 7.11 Å². The normalized spacial score (nSPS) is 33.4. The quantitative estimate of drug-likeness (QED) is 0.210. The molecule has 8 bridgehead atoms. The second-order valence-corrected chi connectivity index (χ2v) is 20.7. The van der Waals surface area contributed by atoms with Gasteiger partial charge in [0.05, 0.1) is 12.2 Å². The van der Waals surface area contributed by atoms with Crippen LogP contribution in [0, 0.1) is 47.3 Å². The zero-order valence-electron chi connectivity index (χ0n) is 28.2. The number of alkyl halides is 24. The van der Waals surface area contributed by atoms with Gasteiger partial charge in [0.2, 0.25) is 12.2 Å². The molecule has 0 aromatic rings. The Labute approximate surface area is 331 Å². The first kappa shape index (κ1) is 52.9. The average Bonchev–Trinajstić information content (AvgIpc) is 3.62. The summed E-state index contributed by atoms with van der Waals surface area (Å²) in [5, 5.41) is 7.47. The Balaban J connectivity index is 0.000000210. The summed E-state index contributed by atoms with van der Waals surface area (Å²) in [6.45, 7) is 0. The van der Waals surface area contributed by atoms with Gasteiger partial charge in [-0.15, -0.1) is 0 Å². The summed E-state index contributed by atoms with van der Waals surface area (Å²) in [6, 6.07) is 0. The van der Waals surface area contributed by atoms with E-state index in [1.807, 2.05) is 0 Å². The zero-order chi connectivity index (χ0) is 46.5. The lowest BCUT2D eigenvalue weighted by molar-refractivity contribution is -0.393. The zero-order valence-corrected chi connectivity index (χ0v) is 31.6. The van der Waals surface area contributed by atoms with Gasteiger partial charge in [-0.25, -0.2) is 30.1 Å². The minimum Gasteiger partial charge on any atom is -0.377 e. The van der Waals surface area contributed by atoms with E-state index in [1.54, 1.807) is 0 Å². The second-order valence-electron chi connectivity index (χ2n) is 14.2. The van der Waals surface area contributed by atoms with Crippen LogP contribution in [0.1, 0.15) is 25.7 Å². The van der Waals surface area contributed by atoms with Crippen LogP contribution in [-0.4, -0.2) is 109 Å².